The number of anilines is 1. The Labute approximate surface area is 207 Å². The maximum absolute atomic E-state index is 13.1. The molecule has 35 heavy (non-hydrogen) atoms. The third-order valence-corrected chi connectivity index (χ3v) is 7.14. The lowest BCUT2D eigenvalue weighted by Crippen LogP contribution is -2.35. The lowest BCUT2D eigenvalue weighted by atomic mass is 9.97. The molecule has 192 valence electrons. The number of thioether (sulfide) groups is 1. The first-order valence-corrected chi connectivity index (χ1v) is 12.7. The highest BCUT2D eigenvalue weighted by atomic mass is 32.2. The molecule has 3 rings (SSSR count). The summed E-state index contributed by atoms with van der Waals surface area (Å²) in [7, 11) is 1.32. The van der Waals surface area contributed by atoms with Gasteiger partial charge in [0.15, 0.2) is 0 Å². The third-order valence-electron chi connectivity index (χ3n) is 6.13. The van der Waals surface area contributed by atoms with Crippen molar-refractivity contribution in [1.82, 2.24) is 14.5 Å². The number of carbonyl (C=O) groups is 1. The van der Waals surface area contributed by atoms with Crippen LogP contribution in [0.4, 0.5) is 18.9 Å². The molecule has 11 heteroatoms. The van der Waals surface area contributed by atoms with Crippen molar-refractivity contribution in [3.63, 3.8) is 0 Å². The van der Waals surface area contributed by atoms with Crippen molar-refractivity contribution >= 4 is 23.4 Å². The summed E-state index contributed by atoms with van der Waals surface area (Å²) in [6, 6.07) is 2.91. The summed E-state index contributed by atoms with van der Waals surface area (Å²) in [6.07, 6.45) is -1.02. The Morgan fingerprint density at radius 2 is 1.94 bits per heavy atom. The highest BCUT2D eigenvalue weighted by Crippen LogP contribution is 2.35. The van der Waals surface area contributed by atoms with Crippen LogP contribution in [0.25, 0.3) is 0 Å². The number of carbonyl (C=O) groups excluding carboxylic acids is 1. The van der Waals surface area contributed by atoms with Crippen LogP contribution in [0.1, 0.15) is 43.5 Å². The van der Waals surface area contributed by atoms with Gasteiger partial charge in [0.25, 0.3) is 0 Å². The zero-order valence-corrected chi connectivity index (χ0v) is 21.0. The second-order valence-corrected chi connectivity index (χ2v) is 9.22. The number of nitrogens with one attached hydrogen (secondary N) is 1. The van der Waals surface area contributed by atoms with E-state index in [-0.39, 0.29) is 22.9 Å². The molecule has 0 unspecified atom stereocenters. The number of likely N-dealkylation sites (N-methyl/N-ethyl adjacent to an activating group) is 1. The first-order valence-electron chi connectivity index (χ1n) is 11.7. The predicted molar refractivity (Wildman–Crippen MR) is 130 cm³/mol. The molecule has 0 radical (unpaired) electrons. The maximum Gasteiger partial charge on any atom is 0.416 e. The largest absolute Gasteiger partial charge is 0.495 e. The molecule has 0 saturated heterocycles. The molecule has 1 N–H and O–H groups in total. The van der Waals surface area contributed by atoms with Crippen molar-refractivity contribution in [2.24, 2.45) is 0 Å². The van der Waals surface area contributed by atoms with E-state index in [1.54, 1.807) is 4.57 Å². The highest BCUT2D eigenvalue weighted by molar-refractivity contribution is 8.00. The SMILES string of the molecule is CCN(CC)CCn1c2c(c(SCC(=O)Nc3cc(C(F)(F)F)ccc3OC)nc1=O)CCCC2. The fourth-order valence-corrected chi connectivity index (χ4v) is 5.06. The van der Waals surface area contributed by atoms with Gasteiger partial charge in [-0.25, -0.2) is 4.79 Å². The summed E-state index contributed by atoms with van der Waals surface area (Å²) in [5.74, 6) is -0.478. The Morgan fingerprint density at radius 3 is 2.60 bits per heavy atom. The van der Waals surface area contributed by atoms with E-state index in [0.29, 0.717) is 11.6 Å². The number of rotatable bonds is 10. The second-order valence-electron chi connectivity index (χ2n) is 8.26. The molecular weight excluding hydrogens is 481 g/mol. The van der Waals surface area contributed by atoms with Crippen LogP contribution in [0.2, 0.25) is 0 Å². The smallest absolute Gasteiger partial charge is 0.416 e. The standard InChI is InChI=1S/C24H31F3N4O3S/c1-4-30(5-2)12-13-31-19-9-7-6-8-17(19)22(29-23(31)33)35-15-21(32)28-18-14-16(24(25,26)27)10-11-20(18)34-3/h10-11,14H,4-9,12-13,15H2,1-3H3,(H,28,32). The summed E-state index contributed by atoms with van der Waals surface area (Å²) >= 11 is 1.13. The zero-order chi connectivity index (χ0) is 25.6. The number of benzene rings is 1. The number of ether oxygens (including phenoxy) is 1. The second kappa shape index (κ2) is 11.9. The highest BCUT2D eigenvalue weighted by Gasteiger charge is 2.31. The molecule has 0 bridgehead atoms. The molecule has 0 fully saturated rings. The van der Waals surface area contributed by atoms with Crippen LogP contribution in [-0.4, -0.2) is 52.9 Å². The Hall–Kier alpha value is -2.53. The number of hydrogen-bond acceptors (Lipinski definition) is 6. The van der Waals surface area contributed by atoms with Gasteiger partial charge in [0.1, 0.15) is 10.8 Å². The molecular formula is C24H31F3N4O3S. The topological polar surface area (TPSA) is 76.5 Å². The van der Waals surface area contributed by atoms with Crippen LogP contribution < -0.4 is 15.7 Å². The number of fused-ring (bicyclic) bond motifs is 1. The average Bonchev–Trinajstić information content (AvgIpc) is 2.83. The van der Waals surface area contributed by atoms with Crippen molar-refractivity contribution in [3.05, 3.63) is 45.5 Å². The molecule has 0 atom stereocenters. The summed E-state index contributed by atoms with van der Waals surface area (Å²) < 4.78 is 46.1. The summed E-state index contributed by atoms with van der Waals surface area (Å²) in [6.45, 7) is 7.30. The van der Waals surface area contributed by atoms with E-state index in [1.807, 2.05) is 0 Å². The quantitative estimate of drug-likeness (QED) is 0.380. The molecule has 1 amide bonds. The third kappa shape index (κ3) is 6.78. The molecule has 0 saturated carbocycles. The molecule has 2 aromatic rings. The van der Waals surface area contributed by atoms with Gasteiger partial charge in [-0.15, -0.1) is 0 Å². The number of aromatic nitrogens is 2. The summed E-state index contributed by atoms with van der Waals surface area (Å²) in [5, 5.41) is 3.02. The number of amides is 1. The molecule has 1 aromatic carbocycles. The van der Waals surface area contributed by atoms with Gasteiger partial charge in [0.2, 0.25) is 5.91 Å². The van der Waals surface area contributed by atoms with E-state index in [2.05, 4.69) is 29.0 Å². The van der Waals surface area contributed by atoms with Crippen molar-refractivity contribution < 1.29 is 22.7 Å². The summed E-state index contributed by atoms with van der Waals surface area (Å²) in [5.41, 5.74) is 0.691. The van der Waals surface area contributed by atoms with Crippen molar-refractivity contribution in [2.75, 3.05) is 37.8 Å². The number of halogens is 3. The molecule has 0 spiro atoms. The monoisotopic (exact) mass is 512 g/mol. The van der Waals surface area contributed by atoms with Crippen LogP contribution >= 0.6 is 11.8 Å². The lowest BCUT2D eigenvalue weighted by molar-refractivity contribution is -0.137. The number of alkyl halides is 3. The first-order chi connectivity index (χ1) is 16.7. The minimum absolute atomic E-state index is 0.0604. The van der Waals surface area contributed by atoms with Crippen LogP contribution in [-0.2, 0) is 30.4 Å². The van der Waals surface area contributed by atoms with E-state index < -0.39 is 17.6 Å². The van der Waals surface area contributed by atoms with Crippen molar-refractivity contribution in [3.8, 4) is 5.75 Å². The lowest BCUT2D eigenvalue weighted by Gasteiger charge is -2.24. The van der Waals surface area contributed by atoms with Crippen LogP contribution in [0.3, 0.4) is 0 Å². The minimum atomic E-state index is -4.54. The Morgan fingerprint density at radius 1 is 1.23 bits per heavy atom. The fraction of sp³-hybridized carbons (Fsp3) is 0.542. The molecule has 1 aliphatic carbocycles. The van der Waals surface area contributed by atoms with E-state index in [1.165, 1.54) is 13.2 Å². The van der Waals surface area contributed by atoms with E-state index in [0.717, 1.165) is 80.5 Å². The predicted octanol–water partition coefficient (Wildman–Crippen LogP) is 4.22. The van der Waals surface area contributed by atoms with Crippen LogP contribution in [0.5, 0.6) is 5.75 Å². The molecule has 1 aromatic heterocycles. The first kappa shape index (κ1) is 27.1. The molecule has 1 heterocycles. The van der Waals surface area contributed by atoms with Gasteiger partial charge in [-0.2, -0.15) is 18.2 Å². The van der Waals surface area contributed by atoms with E-state index >= 15 is 0 Å². The zero-order valence-electron chi connectivity index (χ0n) is 20.2. The van der Waals surface area contributed by atoms with Gasteiger partial charge in [-0.1, -0.05) is 25.6 Å². The number of nitrogens with zero attached hydrogens (tertiary/aromatic N) is 3. The molecule has 7 nitrogen and oxygen atoms in total. The minimum Gasteiger partial charge on any atom is -0.495 e. The van der Waals surface area contributed by atoms with Gasteiger partial charge in [-0.3, -0.25) is 9.36 Å². The van der Waals surface area contributed by atoms with Gasteiger partial charge in [-0.05, 0) is 57.0 Å². The fourth-order valence-electron chi connectivity index (χ4n) is 4.18. The van der Waals surface area contributed by atoms with Crippen molar-refractivity contribution in [1.29, 1.82) is 0 Å². The Balaban J connectivity index is 1.76. The van der Waals surface area contributed by atoms with Crippen LogP contribution in [0.15, 0.2) is 28.0 Å². The van der Waals surface area contributed by atoms with E-state index in [9.17, 15) is 22.8 Å². The number of methoxy groups -OCH3 is 1. The Kier molecular flexibility index (Phi) is 9.23. The normalized spacial score (nSPS) is 13.6. The van der Waals surface area contributed by atoms with Crippen LogP contribution in [0, 0.1) is 0 Å². The molecule has 1 aliphatic rings. The summed E-state index contributed by atoms with van der Waals surface area (Å²) in [4.78, 5) is 32.0. The maximum atomic E-state index is 13.1. The molecule has 0 aliphatic heterocycles. The Bertz CT molecular complexity index is 1100. The number of hydrogen-bond donors (Lipinski definition) is 1. The van der Waals surface area contributed by atoms with Crippen molar-refractivity contribution in [2.45, 2.75) is 57.3 Å². The van der Waals surface area contributed by atoms with E-state index in [4.69, 9.17) is 4.74 Å². The van der Waals surface area contributed by atoms with Gasteiger partial charge >= 0.3 is 11.9 Å². The van der Waals surface area contributed by atoms with Gasteiger partial charge in [0.05, 0.1) is 24.1 Å². The van der Waals surface area contributed by atoms with Gasteiger partial charge < -0.3 is 15.0 Å². The van der Waals surface area contributed by atoms with Gasteiger partial charge in [0, 0.05) is 24.3 Å². The average molecular weight is 513 g/mol.